The summed E-state index contributed by atoms with van der Waals surface area (Å²) in [7, 11) is 3.61. The third-order valence-corrected chi connectivity index (χ3v) is 4.23. The van der Waals surface area contributed by atoms with Crippen LogP contribution in [0.3, 0.4) is 0 Å². The number of amides is 2. The highest BCUT2D eigenvalue weighted by Crippen LogP contribution is 2.40. The zero-order valence-electron chi connectivity index (χ0n) is 12.4. The van der Waals surface area contributed by atoms with Crippen LogP contribution in [0, 0.1) is 5.41 Å². The molecule has 2 amide bonds. The van der Waals surface area contributed by atoms with Gasteiger partial charge < -0.3 is 19.3 Å². The Morgan fingerprint density at radius 2 is 2.32 bits per heavy atom. The average Bonchev–Trinajstić information content (AvgIpc) is 2.43. The van der Waals surface area contributed by atoms with Gasteiger partial charge in [-0.25, -0.2) is 4.79 Å². The summed E-state index contributed by atoms with van der Waals surface area (Å²) < 4.78 is 11.6. The molecular weight excluding hydrogens is 244 g/mol. The molecule has 110 valence electrons. The highest BCUT2D eigenvalue weighted by atomic mass is 16.5. The smallest absolute Gasteiger partial charge is 0.319 e. The van der Waals surface area contributed by atoms with Gasteiger partial charge in [0.2, 0.25) is 0 Å². The van der Waals surface area contributed by atoms with Crippen LogP contribution in [0.5, 0.6) is 0 Å². The molecule has 19 heavy (non-hydrogen) atoms. The molecule has 0 aromatic rings. The van der Waals surface area contributed by atoms with Gasteiger partial charge in [0, 0.05) is 45.8 Å². The van der Waals surface area contributed by atoms with Crippen molar-refractivity contribution < 1.29 is 14.3 Å². The third-order valence-electron chi connectivity index (χ3n) is 4.23. The van der Waals surface area contributed by atoms with Crippen LogP contribution in [0.2, 0.25) is 0 Å². The molecule has 0 bridgehead atoms. The van der Waals surface area contributed by atoms with Gasteiger partial charge in [-0.1, -0.05) is 0 Å². The molecule has 0 unspecified atom stereocenters. The van der Waals surface area contributed by atoms with Crippen LogP contribution < -0.4 is 0 Å². The van der Waals surface area contributed by atoms with E-state index in [2.05, 4.69) is 0 Å². The molecule has 0 aromatic carbocycles. The van der Waals surface area contributed by atoms with Crippen LogP contribution >= 0.6 is 0 Å². The molecule has 2 aliphatic rings. The molecule has 0 saturated carbocycles. The summed E-state index contributed by atoms with van der Waals surface area (Å²) in [5.41, 5.74) is -0.00181. The van der Waals surface area contributed by atoms with Gasteiger partial charge in [0.15, 0.2) is 0 Å². The number of carbonyl (C=O) groups is 1. The summed E-state index contributed by atoms with van der Waals surface area (Å²) in [6, 6.07) is 0.0971. The number of rotatable bonds is 3. The van der Waals surface area contributed by atoms with Crippen molar-refractivity contribution in [2.45, 2.75) is 32.3 Å². The first-order chi connectivity index (χ1) is 9.09. The molecule has 0 aromatic heterocycles. The second kappa shape index (κ2) is 6.09. The number of fused-ring (bicyclic) bond motifs is 1. The molecule has 2 rings (SSSR count). The molecule has 0 N–H and O–H groups in total. The van der Waals surface area contributed by atoms with E-state index in [-0.39, 0.29) is 17.6 Å². The lowest BCUT2D eigenvalue weighted by Crippen LogP contribution is -2.59. The normalized spacial score (nSPS) is 30.9. The molecular formula is C14H26N2O3. The minimum absolute atomic E-state index is 0.00181. The first kappa shape index (κ1) is 14.6. The number of nitrogens with zero attached hydrogens (tertiary/aromatic N) is 2. The summed E-state index contributed by atoms with van der Waals surface area (Å²) in [5, 5.41) is 0. The maximum absolute atomic E-state index is 12.2. The van der Waals surface area contributed by atoms with Gasteiger partial charge in [0.1, 0.15) is 0 Å². The van der Waals surface area contributed by atoms with E-state index in [1.807, 2.05) is 11.8 Å². The lowest BCUT2D eigenvalue weighted by molar-refractivity contribution is -0.146. The minimum Gasteiger partial charge on any atom is -0.381 e. The molecule has 0 aliphatic carbocycles. The van der Waals surface area contributed by atoms with Crippen molar-refractivity contribution in [3.05, 3.63) is 0 Å². The third kappa shape index (κ3) is 3.03. The Labute approximate surface area is 115 Å². The van der Waals surface area contributed by atoms with Crippen LogP contribution in [-0.4, -0.2) is 68.9 Å². The van der Waals surface area contributed by atoms with Crippen molar-refractivity contribution in [3.63, 3.8) is 0 Å². The van der Waals surface area contributed by atoms with Crippen LogP contribution in [0.4, 0.5) is 4.79 Å². The summed E-state index contributed by atoms with van der Waals surface area (Å²) in [6.45, 7) is 5.83. The van der Waals surface area contributed by atoms with Gasteiger partial charge in [0.25, 0.3) is 0 Å². The number of hydrogen-bond donors (Lipinski definition) is 0. The Morgan fingerprint density at radius 3 is 3.00 bits per heavy atom. The number of likely N-dealkylation sites (tertiary alicyclic amines) is 1. The van der Waals surface area contributed by atoms with E-state index >= 15 is 0 Å². The SMILES string of the molecule is CCOC[C@@]12CCCO[C@H]1CCN(C(=O)N(C)C)C2. The second-order valence-corrected chi connectivity index (χ2v) is 5.85. The predicted octanol–water partition coefficient (Wildman–Crippen LogP) is 1.58. The van der Waals surface area contributed by atoms with E-state index in [1.54, 1.807) is 19.0 Å². The Morgan fingerprint density at radius 1 is 1.53 bits per heavy atom. The van der Waals surface area contributed by atoms with Crippen LogP contribution in [-0.2, 0) is 9.47 Å². The Hall–Kier alpha value is -0.810. The highest BCUT2D eigenvalue weighted by molar-refractivity contribution is 5.74. The fourth-order valence-electron chi connectivity index (χ4n) is 3.25. The molecule has 5 nitrogen and oxygen atoms in total. The molecule has 0 spiro atoms. The number of hydrogen-bond acceptors (Lipinski definition) is 3. The summed E-state index contributed by atoms with van der Waals surface area (Å²) in [4.78, 5) is 15.8. The van der Waals surface area contributed by atoms with Gasteiger partial charge in [-0.15, -0.1) is 0 Å². The minimum atomic E-state index is -0.00181. The summed E-state index contributed by atoms with van der Waals surface area (Å²) in [5.74, 6) is 0. The van der Waals surface area contributed by atoms with E-state index in [0.29, 0.717) is 6.61 Å². The molecule has 2 atom stereocenters. The maximum atomic E-state index is 12.2. The molecule has 2 saturated heterocycles. The van der Waals surface area contributed by atoms with Crippen LogP contribution in [0.1, 0.15) is 26.2 Å². The van der Waals surface area contributed by atoms with E-state index in [4.69, 9.17) is 9.47 Å². The Kier molecular flexibility index (Phi) is 4.68. The topological polar surface area (TPSA) is 42.0 Å². The van der Waals surface area contributed by atoms with E-state index in [1.165, 1.54) is 0 Å². The molecule has 0 radical (unpaired) electrons. The highest BCUT2D eigenvalue weighted by Gasteiger charge is 2.47. The van der Waals surface area contributed by atoms with E-state index in [9.17, 15) is 4.79 Å². The fourth-order valence-corrected chi connectivity index (χ4v) is 3.25. The van der Waals surface area contributed by atoms with Crippen molar-refractivity contribution in [3.8, 4) is 0 Å². The van der Waals surface area contributed by atoms with Crippen molar-refractivity contribution in [1.29, 1.82) is 0 Å². The monoisotopic (exact) mass is 270 g/mol. The molecule has 2 aliphatic heterocycles. The standard InChI is InChI=1S/C14H26N2O3/c1-4-18-11-14-7-5-9-19-12(14)6-8-16(10-14)13(17)15(2)3/h12H,4-11H2,1-3H3/t12-,14-/m0/s1. The fraction of sp³-hybridized carbons (Fsp3) is 0.929. The quantitative estimate of drug-likeness (QED) is 0.782. The lowest BCUT2D eigenvalue weighted by Gasteiger charge is -2.50. The Bertz CT molecular complexity index is 322. The first-order valence-electron chi connectivity index (χ1n) is 7.24. The van der Waals surface area contributed by atoms with Crippen molar-refractivity contribution in [2.24, 2.45) is 5.41 Å². The van der Waals surface area contributed by atoms with Crippen molar-refractivity contribution in [2.75, 3.05) is 47.0 Å². The predicted molar refractivity (Wildman–Crippen MR) is 73.2 cm³/mol. The van der Waals surface area contributed by atoms with E-state index in [0.717, 1.165) is 45.6 Å². The van der Waals surface area contributed by atoms with Gasteiger partial charge >= 0.3 is 6.03 Å². The van der Waals surface area contributed by atoms with Gasteiger partial charge in [0.05, 0.1) is 12.7 Å². The van der Waals surface area contributed by atoms with E-state index < -0.39 is 0 Å². The number of ether oxygens (including phenoxy) is 2. The van der Waals surface area contributed by atoms with Crippen molar-refractivity contribution >= 4 is 6.03 Å². The largest absolute Gasteiger partial charge is 0.381 e. The number of urea groups is 1. The first-order valence-corrected chi connectivity index (χ1v) is 7.24. The maximum Gasteiger partial charge on any atom is 0.319 e. The lowest BCUT2D eigenvalue weighted by atomic mass is 9.73. The van der Waals surface area contributed by atoms with Gasteiger partial charge in [-0.3, -0.25) is 0 Å². The van der Waals surface area contributed by atoms with Gasteiger partial charge in [-0.05, 0) is 26.2 Å². The summed E-state index contributed by atoms with van der Waals surface area (Å²) >= 11 is 0. The Balaban J connectivity index is 2.09. The van der Waals surface area contributed by atoms with Crippen LogP contribution in [0.15, 0.2) is 0 Å². The second-order valence-electron chi connectivity index (χ2n) is 5.85. The zero-order valence-corrected chi connectivity index (χ0v) is 12.4. The zero-order chi connectivity index (χ0) is 13.9. The molecule has 5 heteroatoms. The average molecular weight is 270 g/mol. The number of piperidine rings is 1. The van der Waals surface area contributed by atoms with Gasteiger partial charge in [-0.2, -0.15) is 0 Å². The van der Waals surface area contributed by atoms with Crippen LogP contribution in [0.25, 0.3) is 0 Å². The van der Waals surface area contributed by atoms with Crippen molar-refractivity contribution in [1.82, 2.24) is 9.80 Å². The number of carbonyl (C=O) groups excluding carboxylic acids is 1. The summed E-state index contributed by atoms with van der Waals surface area (Å²) in [6.07, 6.45) is 3.33. The molecule has 2 fully saturated rings. The molecule has 2 heterocycles.